The minimum Gasteiger partial charge on any atom is -0.303 e. The second-order valence-corrected chi connectivity index (χ2v) is 4.44. The van der Waals surface area contributed by atoms with E-state index in [-0.39, 0.29) is 0 Å². The van der Waals surface area contributed by atoms with Crippen LogP contribution in [0.3, 0.4) is 0 Å². The zero-order chi connectivity index (χ0) is 15.1. The molecule has 0 spiro atoms. The monoisotopic (exact) mass is 259 g/mol. The largest absolute Gasteiger partial charge is 0.303 e. The van der Waals surface area contributed by atoms with Crippen LogP contribution in [0.15, 0.2) is 0 Å². The van der Waals surface area contributed by atoms with Gasteiger partial charge < -0.3 is 4.90 Å². The zero-order valence-corrected chi connectivity index (χ0v) is 15.0. The molecule has 0 amide bonds. The molecule has 1 nitrogen and oxygen atoms in total. The Morgan fingerprint density at radius 1 is 0.944 bits per heavy atom. The summed E-state index contributed by atoms with van der Waals surface area (Å²) in [5.74, 6) is 1.88. The van der Waals surface area contributed by atoms with Gasteiger partial charge in [0.15, 0.2) is 0 Å². The van der Waals surface area contributed by atoms with E-state index in [2.05, 4.69) is 32.7 Å². The molecule has 0 aromatic carbocycles. The maximum Gasteiger partial charge on any atom is 0.00946 e. The molecule has 18 heavy (non-hydrogen) atoms. The van der Waals surface area contributed by atoms with Crippen LogP contribution >= 0.6 is 0 Å². The molecule has 3 unspecified atom stereocenters. The van der Waals surface area contributed by atoms with Crippen LogP contribution in [0.1, 0.15) is 81.6 Å². The lowest BCUT2D eigenvalue weighted by molar-refractivity contribution is 0.0822. The molecule has 0 aliphatic carbocycles. The summed E-state index contributed by atoms with van der Waals surface area (Å²) >= 11 is 0. The van der Waals surface area contributed by atoms with Gasteiger partial charge in [-0.3, -0.25) is 0 Å². The van der Waals surface area contributed by atoms with Gasteiger partial charge in [-0.2, -0.15) is 0 Å². The molecule has 1 saturated heterocycles. The Labute approximate surface area is 118 Å². The predicted octanol–water partition coefficient (Wildman–Crippen LogP) is 5.84. The third kappa shape index (κ3) is 8.97. The summed E-state index contributed by atoms with van der Waals surface area (Å²) in [4.78, 5) is 2.51. The molecule has 1 aliphatic rings. The van der Waals surface area contributed by atoms with Gasteiger partial charge in [0, 0.05) is 6.04 Å². The van der Waals surface area contributed by atoms with E-state index >= 15 is 0 Å². The molecule has 0 aromatic heterocycles. The summed E-state index contributed by atoms with van der Waals surface area (Å²) in [5, 5.41) is 0. The minimum absolute atomic E-state index is 0.800. The van der Waals surface area contributed by atoms with Crippen molar-refractivity contribution < 1.29 is 0 Å². The van der Waals surface area contributed by atoms with Crippen LogP contribution in [0.5, 0.6) is 0 Å². The van der Waals surface area contributed by atoms with Crippen molar-refractivity contribution >= 4 is 0 Å². The highest BCUT2D eigenvalue weighted by Crippen LogP contribution is 2.30. The quantitative estimate of drug-likeness (QED) is 0.602. The Morgan fingerprint density at radius 3 is 1.78 bits per heavy atom. The van der Waals surface area contributed by atoms with Gasteiger partial charge in [0.25, 0.3) is 0 Å². The molecule has 1 fully saturated rings. The minimum atomic E-state index is 0.800. The highest BCUT2D eigenvalue weighted by atomic mass is 15.1. The standard InChI is InChI=1S/C11H23N.3C2H6/c1-5-6-11-9(2)7-8-12(4)10(11)3;3*1-2/h9-11H,5-8H2,1-4H3;3*1-2H3. The van der Waals surface area contributed by atoms with Crippen molar-refractivity contribution in [2.45, 2.75) is 87.6 Å². The van der Waals surface area contributed by atoms with Crippen LogP contribution in [-0.4, -0.2) is 24.5 Å². The van der Waals surface area contributed by atoms with Crippen molar-refractivity contribution in [3.8, 4) is 0 Å². The lowest BCUT2D eigenvalue weighted by atomic mass is 9.79. The molecule has 0 bridgehead atoms. The average Bonchev–Trinajstić information content (AvgIpc) is 2.46. The van der Waals surface area contributed by atoms with Gasteiger partial charge in [-0.1, -0.05) is 61.8 Å². The van der Waals surface area contributed by atoms with Crippen molar-refractivity contribution in [3.05, 3.63) is 0 Å². The average molecular weight is 260 g/mol. The molecule has 1 aliphatic heterocycles. The predicted molar refractivity (Wildman–Crippen MR) is 88.3 cm³/mol. The fourth-order valence-electron chi connectivity index (χ4n) is 2.49. The van der Waals surface area contributed by atoms with Crippen molar-refractivity contribution in [3.63, 3.8) is 0 Å². The van der Waals surface area contributed by atoms with Crippen LogP contribution in [0.2, 0.25) is 0 Å². The van der Waals surface area contributed by atoms with Crippen LogP contribution in [0.4, 0.5) is 0 Å². The molecule has 1 heterocycles. The van der Waals surface area contributed by atoms with Crippen LogP contribution in [0, 0.1) is 11.8 Å². The normalized spacial score (nSPS) is 26.7. The maximum atomic E-state index is 2.51. The molecule has 0 radical (unpaired) electrons. The van der Waals surface area contributed by atoms with Gasteiger partial charge in [0.2, 0.25) is 0 Å². The second kappa shape index (κ2) is 17.0. The number of likely N-dealkylation sites (tertiary alicyclic amines) is 1. The second-order valence-electron chi connectivity index (χ2n) is 4.44. The summed E-state index contributed by atoms with van der Waals surface area (Å²) in [5.41, 5.74) is 0. The number of hydrogen-bond donors (Lipinski definition) is 0. The lowest BCUT2D eigenvalue weighted by Gasteiger charge is -2.41. The van der Waals surface area contributed by atoms with Crippen LogP contribution in [-0.2, 0) is 0 Å². The first kappa shape index (κ1) is 23.1. The fraction of sp³-hybridized carbons (Fsp3) is 1.00. The Balaban J connectivity index is -0.000000328. The number of hydrogen-bond acceptors (Lipinski definition) is 1. The summed E-state index contributed by atoms with van der Waals surface area (Å²) in [6.07, 6.45) is 4.14. The summed E-state index contributed by atoms with van der Waals surface area (Å²) in [7, 11) is 2.26. The van der Waals surface area contributed by atoms with Gasteiger partial charge in [-0.05, 0) is 45.2 Å². The Hall–Kier alpha value is -0.0400. The number of nitrogens with zero attached hydrogens (tertiary/aromatic N) is 1. The van der Waals surface area contributed by atoms with E-state index in [0.29, 0.717) is 0 Å². The van der Waals surface area contributed by atoms with Crippen LogP contribution < -0.4 is 0 Å². The van der Waals surface area contributed by atoms with Crippen molar-refractivity contribution in [2.24, 2.45) is 11.8 Å². The Morgan fingerprint density at radius 2 is 1.39 bits per heavy atom. The summed E-state index contributed by atoms with van der Waals surface area (Å²) < 4.78 is 0. The third-order valence-electron chi connectivity index (χ3n) is 3.60. The van der Waals surface area contributed by atoms with E-state index in [1.807, 2.05) is 41.5 Å². The molecule has 114 valence electrons. The fourth-order valence-corrected chi connectivity index (χ4v) is 2.49. The lowest BCUT2D eigenvalue weighted by Crippen LogP contribution is -2.44. The van der Waals surface area contributed by atoms with E-state index in [1.54, 1.807) is 0 Å². The molecule has 0 saturated carbocycles. The Bertz CT molecular complexity index is 134. The first-order valence-corrected chi connectivity index (χ1v) is 8.37. The van der Waals surface area contributed by atoms with E-state index in [1.165, 1.54) is 25.8 Å². The molecule has 3 atom stereocenters. The maximum absolute atomic E-state index is 2.51. The zero-order valence-electron chi connectivity index (χ0n) is 15.0. The summed E-state index contributed by atoms with van der Waals surface area (Å²) in [6, 6.07) is 0.800. The van der Waals surface area contributed by atoms with Crippen molar-refractivity contribution in [1.82, 2.24) is 4.90 Å². The SMILES string of the molecule is CC.CC.CC.CCCC1C(C)CCN(C)C1C. The third-order valence-corrected chi connectivity index (χ3v) is 3.60. The molecule has 1 rings (SSSR count). The van der Waals surface area contributed by atoms with Gasteiger partial charge in [-0.25, -0.2) is 0 Å². The molecular weight excluding hydrogens is 218 g/mol. The van der Waals surface area contributed by atoms with E-state index in [4.69, 9.17) is 0 Å². The van der Waals surface area contributed by atoms with Gasteiger partial charge in [-0.15, -0.1) is 0 Å². The number of rotatable bonds is 2. The molecular formula is C17H41N. The molecule has 0 aromatic rings. The smallest absolute Gasteiger partial charge is 0.00946 e. The number of piperidine rings is 1. The summed E-state index contributed by atoms with van der Waals surface area (Å²) in [6.45, 7) is 20.4. The van der Waals surface area contributed by atoms with Crippen LogP contribution in [0.25, 0.3) is 0 Å². The van der Waals surface area contributed by atoms with Crippen molar-refractivity contribution in [1.29, 1.82) is 0 Å². The van der Waals surface area contributed by atoms with Gasteiger partial charge in [0.1, 0.15) is 0 Å². The topological polar surface area (TPSA) is 3.24 Å². The van der Waals surface area contributed by atoms with Gasteiger partial charge in [0.05, 0.1) is 0 Å². The molecule has 1 heteroatoms. The van der Waals surface area contributed by atoms with E-state index < -0.39 is 0 Å². The van der Waals surface area contributed by atoms with Crippen molar-refractivity contribution in [2.75, 3.05) is 13.6 Å². The van der Waals surface area contributed by atoms with E-state index in [0.717, 1.165) is 17.9 Å². The van der Waals surface area contributed by atoms with Gasteiger partial charge >= 0.3 is 0 Å². The van der Waals surface area contributed by atoms with E-state index in [9.17, 15) is 0 Å². The first-order chi connectivity index (χ1) is 8.66. The highest BCUT2D eigenvalue weighted by molar-refractivity contribution is 4.82. The first-order valence-electron chi connectivity index (χ1n) is 8.37. The highest BCUT2D eigenvalue weighted by Gasteiger charge is 2.29. The molecule has 0 N–H and O–H groups in total. The Kier molecular flexibility index (Phi) is 21.7.